The molecule has 19 heavy (non-hydrogen) atoms. The van der Waals surface area contributed by atoms with Crippen LogP contribution in [0.3, 0.4) is 0 Å². The van der Waals surface area contributed by atoms with Gasteiger partial charge in [0.25, 0.3) is 0 Å². The van der Waals surface area contributed by atoms with E-state index in [0.29, 0.717) is 0 Å². The Morgan fingerprint density at radius 1 is 1.42 bits per heavy atom. The highest BCUT2D eigenvalue weighted by molar-refractivity contribution is 5.84. The van der Waals surface area contributed by atoms with Crippen molar-refractivity contribution in [3.05, 3.63) is 29.8 Å². The summed E-state index contributed by atoms with van der Waals surface area (Å²) in [6, 6.07) is 7.99. The van der Waals surface area contributed by atoms with Crippen LogP contribution in [0, 0.1) is 0 Å². The molecular weight excluding hydrogens is 240 g/mol. The van der Waals surface area contributed by atoms with Crippen LogP contribution in [0.4, 0.5) is 0 Å². The van der Waals surface area contributed by atoms with Crippen LogP contribution < -0.4 is 15.8 Å². The summed E-state index contributed by atoms with van der Waals surface area (Å²) in [6.45, 7) is 8.01. The van der Waals surface area contributed by atoms with E-state index in [9.17, 15) is 4.79 Å². The second-order valence-electron chi connectivity index (χ2n) is 5.25. The van der Waals surface area contributed by atoms with E-state index in [1.165, 1.54) is 0 Å². The molecule has 0 aliphatic rings. The highest BCUT2D eigenvalue weighted by Gasteiger charge is 2.32. The molecule has 106 valence electrons. The molecule has 4 nitrogen and oxygen atoms in total. The number of hydrogen-bond donors (Lipinski definition) is 2. The van der Waals surface area contributed by atoms with Gasteiger partial charge in [-0.1, -0.05) is 25.1 Å². The number of nitrogens with two attached hydrogens (primary N) is 1. The molecule has 1 rings (SSSR count). The number of aryl methyl sites for hydroxylation is 1. The number of benzene rings is 1. The third kappa shape index (κ3) is 4.24. The average Bonchev–Trinajstić information content (AvgIpc) is 2.35. The Kier molecular flexibility index (Phi) is 5.36. The summed E-state index contributed by atoms with van der Waals surface area (Å²) in [6.07, 6.45) is 0.890. The van der Waals surface area contributed by atoms with E-state index in [2.05, 4.69) is 12.2 Å². The standard InChI is InChI=1S/C15H24N2O2/c1-5-12-8-6-7-9-13(12)19-10-15(4,14(16)18)17-11(2)3/h6-9,11,17H,5,10H2,1-4H3,(H2,16,18). The Labute approximate surface area is 115 Å². The van der Waals surface area contributed by atoms with Crippen molar-refractivity contribution >= 4 is 5.91 Å². The molecule has 4 heteroatoms. The molecule has 0 heterocycles. The molecule has 3 N–H and O–H groups in total. The predicted octanol–water partition coefficient (Wildman–Crippen LogP) is 1.87. The van der Waals surface area contributed by atoms with Crippen LogP contribution in [0.5, 0.6) is 5.75 Å². The number of rotatable bonds is 7. The number of amides is 1. The molecule has 0 spiro atoms. The number of carbonyl (C=O) groups excluding carboxylic acids is 1. The lowest BCUT2D eigenvalue weighted by atomic mass is 10.0. The van der Waals surface area contributed by atoms with Gasteiger partial charge in [0.05, 0.1) is 0 Å². The molecule has 0 aliphatic heterocycles. The third-order valence-electron chi connectivity index (χ3n) is 3.02. The molecule has 0 radical (unpaired) electrons. The van der Waals surface area contributed by atoms with E-state index in [1.54, 1.807) is 6.92 Å². The van der Waals surface area contributed by atoms with Gasteiger partial charge in [0.1, 0.15) is 17.9 Å². The van der Waals surface area contributed by atoms with E-state index in [0.717, 1.165) is 17.7 Å². The topological polar surface area (TPSA) is 64.3 Å². The number of hydrogen-bond acceptors (Lipinski definition) is 3. The average molecular weight is 264 g/mol. The first kappa shape index (κ1) is 15.5. The largest absolute Gasteiger partial charge is 0.491 e. The summed E-state index contributed by atoms with van der Waals surface area (Å²) in [5, 5.41) is 3.16. The molecule has 0 aromatic heterocycles. The molecule has 0 aliphatic carbocycles. The van der Waals surface area contributed by atoms with Crippen molar-refractivity contribution in [1.82, 2.24) is 5.32 Å². The Morgan fingerprint density at radius 2 is 2.05 bits per heavy atom. The monoisotopic (exact) mass is 264 g/mol. The molecule has 0 bridgehead atoms. The Morgan fingerprint density at radius 3 is 2.58 bits per heavy atom. The van der Waals surface area contributed by atoms with Crippen molar-refractivity contribution < 1.29 is 9.53 Å². The number of nitrogens with one attached hydrogen (secondary N) is 1. The molecule has 0 saturated heterocycles. The first-order valence-electron chi connectivity index (χ1n) is 6.67. The van der Waals surface area contributed by atoms with Crippen LogP contribution in [-0.2, 0) is 11.2 Å². The first-order chi connectivity index (χ1) is 8.89. The molecule has 1 aromatic carbocycles. The van der Waals surface area contributed by atoms with Gasteiger partial charge in [-0.25, -0.2) is 0 Å². The van der Waals surface area contributed by atoms with Gasteiger partial charge in [-0.2, -0.15) is 0 Å². The summed E-state index contributed by atoms with van der Waals surface area (Å²) in [7, 11) is 0. The number of primary amides is 1. The van der Waals surface area contributed by atoms with E-state index >= 15 is 0 Å². The fourth-order valence-electron chi connectivity index (χ4n) is 1.98. The highest BCUT2D eigenvalue weighted by Crippen LogP contribution is 2.20. The fourth-order valence-corrected chi connectivity index (χ4v) is 1.98. The second kappa shape index (κ2) is 6.57. The van der Waals surface area contributed by atoms with Gasteiger partial charge in [-0.15, -0.1) is 0 Å². The molecule has 0 fully saturated rings. The molecule has 1 atom stereocenters. The quantitative estimate of drug-likeness (QED) is 0.790. The Hall–Kier alpha value is -1.55. The number of carbonyl (C=O) groups is 1. The molecular formula is C15H24N2O2. The number of para-hydroxylation sites is 1. The van der Waals surface area contributed by atoms with Crippen molar-refractivity contribution in [3.8, 4) is 5.75 Å². The Bertz CT molecular complexity index is 432. The molecule has 1 amide bonds. The lowest BCUT2D eigenvalue weighted by Crippen LogP contribution is -2.59. The van der Waals surface area contributed by atoms with Crippen LogP contribution in [0.1, 0.15) is 33.3 Å². The summed E-state index contributed by atoms with van der Waals surface area (Å²) in [5.74, 6) is 0.401. The van der Waals surface area contributed by atoms with Gasteiger partial charge in [-0.05, 0) is 38.8 Å². The SMILES string of the molecule is CCc1ccccc1OCC(C)(NC(C)C)C(N)=O. The van der Waals surface area contributed by atoms with Crippen molar-refractivity contribution in [2.24, 2.45) is 5.73 Å². The van der Waals surface area contributed by atoms with E-state index in [1.807, 2.05) is 38.1 Å². The maximum absolute atomic E-state index is 11.6. The molecule has 1 unspecified atom stereocenters. The van der Waals surface area contributed by atoms with E-state index in [4.69, 9.17) is 10.5 Å². The van der Waals surface area contributed by atoms with Gasteiger partial charge >= 0.3 is 0 Å². The van der Waals surface area contributed by atoms with Crippen LogP contribution in [0.15, 0.2) is 24.3 Å². The van der Waals surface area contributed by atoms with Crippen LogP contribution in [0.2, 0.25) is 0 Å². The smallest absolute Gasteiger partial charge is 0.240 e. The maximum atomic E-state index is 11.6. The van der Waals surface area contributed by atoms with Crippen LogP contribution >= 0.6 is 0 Å². The van der Waals surface area contributed by atoms with Crippen LogP contribution in [0.25, 0.3) is 0 Å². The van der Waals surface area contributed by atoms with E-state index in [-0.39, 0.29) is 12.6 Å². The van der Waals surface area contributed by atoms with Gasteiger partial charge < -0.3 is 10.5 Å². The summed E-state index contributed by atoms with van der Waals surface area (Å²) in [4.78, 5) is 11.6. The molecule has 1 aromatic rings. The molecule has 0 saturated carbocycles. The predicted molar refractivity (Wildman–Crippen MR) is 77.2 cm³/mol. The zero-order valence-electron chi connectivity index (χ0n) is 12.2. The van der Waals surface area contributed by atoms with Crippen molar-refractivity contribution in [2.75, 3.05) is 6.61 Å². The zero-order valence-corrected chi connectivity index (χ0v) is 12.2. The maximum Gasteiger partial charge on any atom is 0.240 e. The van der Waals surface area contributed by atoms with Gasteiger partial charge in [0.15, 0.2) is 0 Å². The minimum Gasteiger partial charge on any atom is -0.491 e. The van der Waals surface area contributed by atoms with E-state index < -0.39 is 11.4 Å². The summed E-state index contributed by atoms with van der Waals surface area (Å²) < 4.78 is 5.79. The fraction of sp³-hybridized carbons (Fsp3) is 0.533. The van der Waals surface area contributed by atoms with Gasteiger partial charge in [0, 0.05) is 6.04 Å². The minimum atomic E-state index is -0.866. The van der Waals surface area contributed by atoms with Gasteiger partial charge in [0.2, 0.25) is 5.91 Å². The Balaban J connectivity index is 2.79. The zero-order chi connectivity index (χ0) is 14.5. The third-order valence-corrected chi connectivity index (χ3v) is 3.02. The summed E-state index contributed by atoms with van der Waals surface area (Å²) >= 11 is 0. The second-order valence-corrected chi connectivity index (χ2v) is 5.25. The van der Waals surface area contributed by atoms with Gasteiger partial charge in [-0.3, -0.25) is 10.1 Å². The van der Waals surface area contributed by atoms with Crippen molar-refractivity contribution in [3.63, 3.8) is 0 Å². The minimum absolute atomic E-state index is 0.155. The number of ether oxygens (including phenoxy) is 1. The highest BCUT2D eigenvalue weighted by atomic mass is 16.5. The van der Waals surface area contributed by atoms with Crippen LogP contribution in [-0.4, -0.2) is 24.1 Å². The van der Waals surface area contributed by atoms with Crippen molar-refractivity contribution in [2.45, 2.75) is 45.7 Å². The normalized spacial score (nSPS) is 14.2. The first-order valence-corrected chi connectivity index (χ1v) is 6.67. The van der Waals surface area contributed by atoms with Crippen molar-refractivity contribution in [1.29, 1.82) is 0 Å². The summed E-state index contributed by atoms with van der Waals surface area (Å²) in [5.41, 5.74) is 5.73. The lowest BCUT2D eigenvalue weighted by Gasteiger charge is -2.30. The lowest BCUT2D eigenvalue weighted by molar-refractivity contribution is -0.125.